The van der Waals surface area contributed by atoms with Gasteiger partial charge in [-0.2, -0.15) is 0 Å². The molecular weight excluding hydrogens is 322 g/mol. The average molecular weight is 345 g/mol. The van der Waals surface area contributed by atoms with Gasteiger partial charge in [0.15, 0.2) is 0 Å². The van der Waals surface area contributed by atoms with Crippen molar-refractivity contribution in [3.8, 4) is 0 Å². The lowest BCUT2D eigenvalue weighted by Gasteiger charge is -2.17. The smallest absolute Gasteiger partial charge is 0.338 e. The standard InChI is InChI=1S/C23H23NO2/c24-22-13-11-21(12-14-22)23(25)26-17-20(15-18-7-3-1-4-8-18)16-19-9-5-2-6-10-19/h1-14,20H,15-17,24H2. The van der Waals surface area contributed by atoms with Gasteiger partial charge in [0.2, 0.25) is 0 Å². The van der Waals surface area contributed by atoms with Crippen LogP contribution in [0.15, 0.2) is 84.9 Å². The molecule has 0 amide bonds. The summed E-state index contributed by atoms with van der Waals surface area (Å²) < 4.78 is 5.59. The first-order valence-electron chi connectivity index (χ1n) is 8.81. The summed E-state index contributed by atoms with van der Waals surface area (Å²) in [7, 11) is 0. The Labute approximate surface area is 154 Å². The minimum Gasteiger partial charge on any atom is -0.462 e. The van der Waals surface area contributed by atoms with E-state index in [-0.39, 0.29) is 11.9 Å². The summed E-state index contributed by atoms with van der Waals surface area (Å²) in [5, 5.41) is 0. The summed E-state index contributed by atoms with van der Waals surface area (Å²) >= 11 is 0. The predicted octanol–water partition coefficient (Wildman–Crippen LogP) is 4.53. The van der Waals surface area contributed by atoms with Crippen LogP contribution in [-0.2, 0) is 17.6 Å². The zero-order valence-electron chi connectivity index (χ0n) is 14.7. The van der Waals surface area contributed by atoms with Crippen molar-refractivity contribution >= 4 is 11.7 Å². The number of hydrogen-bond acceptors (Lipinski definition) is 3. The van der Waals surface area contributed by atoms with E-state index in [1.807, 2.05) is 36.4 Å². The van der Waals surface area contributed by atoms with Gasteiger partial charge in [-0.25, -0.2) is 4.79 Å². The largest absolute Gasteiger partial charge is 0.462 e. The van der Waals surface area contributed by atoms with Crippen LogP contribution in [0, 0.1) is 5.92 Å². The van der Waals surface area contributed by atoms with Gasteiger partial charge < -0.3 is 10.5 Å². The van der Waals surface area contributed by atoms with E-state index in [9.17, 15) is 4.79 Å². The number of ether oxygens (including phenoxy) is 1. The Morgan fingerprint density at radius 3 is 1.77 bits per heavy atom. The number of benzene rings is 3. The van der Waals surface area contributed by atoms with Gasteiger partial charge in [-0.05, 0) is 48.2 Å². The Morgan fingerprint density at radius 1 is 0.769 bits per heavy atom. The van der Waals surface area contributed by atoms with Crippen molar-refractivity contribution in [3.63, 3.8) is 0 Å². The Hall–Kier alpha value is -3.07. The van der Waals surface area contributed by atoms with Crippen LogP contribution in [0.5, 0.6) is 0 Å². The molecule has 0 bridgehead atoms. The first-order valence-corrected chi connectivity index (χ1v) is 8.81. The summed E-state index contributed by atoms with van der Waals surface area (Å²) in [6.07, 6.45) is 1.73. The molecule has 0 atom stereocenters. The van der Waals surface area contributed by atoms with Gasteiger partial charge in [-0.3, -0.25) is 0 Å². The molecule has 0 saturated heterocycles. The van der Waals surface area contributed by atoms with Crippen molar-refractivity contribution in [2.24, 2.45) is 5.92 Å². The van der Waals surface area contributed by atoms with Crippen LogP contribution < -0.4 is 5.73 Å². The highest BCUT2D eigenvalue weighted by molar-refractivity contribution is 5.89. The molecule has 0 aromatic heterocycles. The molecule has 0 radical (unpaired) electrons. The fourth-order valence-electron chi connectivity index (χ4n) is 2.98. The average Bonchev–Trinajstić information content (AvgIpc) is 2.68. The van der Waals surface area contributed by atoms with Gasteiger partial charge in [0.1, 0.15) is 0 Å². The van der Waals surface area contributed by atoms with Crippen LogP contribution in [0.1, 0.15) is 21.5 Å². The molecular formula is C23H23NO2. The van der Waals surface area contributed by atoms with Crippen molar-refractivity contribution < 1.29 is 9.53 Å². The molecule has 3 rings (SSSR count). The minimum absolute atomic E-state index is 0.220. The summed E-state index contributed by atoms with van der Waals surface area (Å²) in [5.41, 5.74) is 9.32. The maximum absolute atomic E-state index is 12.3. The number of carbonyl (C=O) groups excluding carboxylic acids is 1. The quantitative estimate of drug-likeness (QED) is 0.506. The van der Waals surface area contributed by atoms with Crippen LogP contribution >= 0.6 is 0 Å². The van der Waals surface area contributed by atoms with Crippen LogP contribution in [0.4, 0.5) is 5.69 Å². The Bertz CT molecular complexity index is 772. The van der Waals surface area contributed by atoms with E-state index in [4.69, 9.17) is 10.5 Å². The van der Waals surface area contributed by atoms with Gasteiger partial charge >= 0.3 is 5.97 Å². The molecule has 0 unspecified atom stereocenters. The van der Waals surface area contributed by atoms with Gasteiger partial charge in [-0.15, -0.1) is 0 Å². The number of anilines is 1. The molecule has 0 aliphatic heterocycles. The monoisotopic (exact) mass is 345 g/mol. The highest BCUT2D eigenvalue weighted by Crippen LogP contribution is 2.16. The lowest BCUT2D eigenvalue weighted by Crippen LogP contribution is -2.18. The summed E-state index contributed by atoms with van der Waals surface area (Å²) in [6.45, 7) is 0.382. The maximum Gasteiger partial charge on any atom is 0.338 e. The molecule has 3 nitrogen and oxygen atoms in total. The zero-order chi connectivity index (χ0) is 18.2. The third kappa shape index (κ3) is 5.21. The van der Waals surface area contributed by atoms with Crippen LogP contribution in [-0.4, -0.2) is 12.6 Å². The van der Waals surface area contributed by atoms with E-state index in [1.165, 1.54) is 11.1 Å². The molecule has 3 heteroatoms. The number of carbonyl (C=O) groups is 1. The van der Waals surface area contributed by atoms with Crippen molar-refractivity contribution in [1.82, 2.24) is 0 Å². The summed E-state index contributed by atoms with van der Waals surface area (Å²) in [5.74, 6) is -0.0892. The maximum atomic E-state index is 12.3. The molecule has 2 N–H and O–H groups in total. The molecule has 3 aromatic rings. The number of hydrogen-bond donors (Lipinski definition) is 1. The molecule has 132 valence electrons. The molecule has 0 saturated carbocycles. The molecule has 0 heterocycles. The highest BCUT2D eigenvalue weighted by atomic mass is 16.5. The third-order valence-electron chi connectivity index (χ3n) is 4.33. The number of esters is 1. The third-order valence-corrected chi connectivity index (χ3v) is 4.33. The second-order valence-electron chi connectivity index (χ2n) is 6.47. The first-order chi connectivity index (χ1) is 12.7. The normalized spacial score (nSPS) is 10.7. The van der Waals surface area contributed by atoms with E-state index in [0.29, 0.717) is 17.9 Å². The molecule has 0 spiro atoms. The van der Waals surface area contributed by atoms with Gasteiger partial charge in [0.05, 0.1) is 12.2 Å². The molecule has 26 heavy (non-hydrogen) atoms. The van der Waals surface area contributed by atoms with Crippen LogP contribution in [0.3, 0.4) is 0 Å². The Kier molecular flexibility index (Phi) is 6.05. The van der Waals surface area contributed by atoms with Crippen molar-refractivity contribution in [2.45, 2.75) is 12.8 Å². The fourth-order valence-corrected chi connectivity index (χ4v) is 2.98. The SMILES string of the molecule is Nc1ccc(C(=O)OCC(Cc2ccccc2)Cc2ccccc2)cc1. The van der Waals surface area contributed by atoms with E-state index in [1.54, 1.807) is 24.3 Å². The van der Waals surface area contributed by atoms with Crippen LogP contribution in [0.2, 0.25) is 0 Å². The number of nitrogens with two attached hydrogens (primary N) is 1. The van der Waals surface area contributed by atoms with Crippen molar-refractivity contribution in [3.05, 3.63) is 102 Å². The van der Waals surface area contributed by atoms with Crippen molar-refractivity contribution in [2.75, 3.05) is 12.3 Å². The molecule has 0 aliphatic rings. The Morgan fingerprint density at radius 2 is 1.27 bits per heavy atom. The second-order valence-corrected chi connectivity index (χ2v) is 6.47. The lowest BCUT2D eigenvalue weighted by atomic mass is 9.93. The van der Waals surface area contributed by atoms with E-state index < -0.39 is 0 Å². The highest BCUT2D eigenvalue weighted by Gasteiger charge is 2.15. The second kappa shape index (κ2) is 8.86. The predicted molar refractivity (Wildman–Crippen MR) is 105 cm³/mol. The summed E-state index contributed by atoms with van der Waals surface area (Å²) in [4.78, 5) is 12.3. The van der Waals surface area contributed by atoms with Gasteiger partial charge in [0.25, 0.3) is 0 Å². The minimum atomic E-state index is -0.309. The van der Waals surface area contributed by atoms with E-state index in [0.717, 1.165) is 12.8 Å². The first kappa shape index (κ1) is 17.7. The van der Waals surface area contributed by atoms with Gasteiger partial charge in [0, 0.05) is 11.6 Å². The molecule has 0 aliphatic carbocycles. The van der Waals surface area contributed by atoms with E-state index in [2.05, 4.69) is 24.3 Å². The topological polar surface area (TPSA) is 52.3 Å². The molecule has 0 fully saturated rings. The Balaban J connectivity index is 1.66. The summed E-state index contributed by atoms with van der Waals surface area (Å²) in [6, 6.07) is 27.4. The molecule has 3 aromatic carbocycles. The lowest BCUT2D eigenvalue weighted by molar-refractivity contribution is 0.0438. The zero-order valence-corrected chi connectivity index (χ0v) is 14.7. The van der Waals surface area contributed by atoms with Gasteiger partial charge in [-0.1, -0.05) is 60.7 Å². The number of nitrogen functional groups attached to an aromatic ring is 1. The van der Waals surface area contributed by atoms with Crippen molar-refractivity contribution in [1.29, 1.82) is 0 Å². The van der Waals surface area contributed by atoms with Crippen LogP contribution in [0.25, 0.3) is 0 Å². The fraction of sp³-hybridized carbons (Fsp3) is 0.174. The number of rotatable bonds is 7. The van der Waals surface area contributed by atoms with E-state index >= 15 is 0 Å².